The molecule has 0 radical (unpaired) electrons. The van der Waals surface area contributed by atoms with Gasteiger partial charge in [0.05, 0.1) is 11.0 Å². The molecule has 0 aliphatic rings. The summed E-state index contributed by atoms with van der Waals surface area (Å²) in [6.07, 6.45) is 1.06. The zero-order chi connectivity index (χ0) is 13.1. The van der Waals surface area contributed by atoms with Gasteiger partial charge < -0.3 is 10.3 Å². The van der Waals surface area contributed by atoms with Crippen LogP contribution < -0.4 is 5.32 Å². The van der Waals surface area contributed by atoms with Crippen LogP contribution >= 0.6 is 0 Å². The first-order valence-corrected chi connectivity index (χ1v) is 6.78. The lowest BCUT2D eigenvalue weighted by Gasteiger charge is -2.07. The standard InChI is InChI=1S/C15H23N3/c1-10(2)15-17-13-6-5-12(9-14(13)18-15)7-8-16-11(3)4/h5-6,9-11,16H,7-8H2,1-4H3,(H,17,18). The van der Waals surface area contributed by atoms with Crippen LogP contribution in [0, 0.1) is 0 Å². The van der Waals surface area contributed by atoms with Crippen LogP contribution in [0.4, 0.5) is 0 Å². The number of benzene rings is 1. The molecule has 0 unspecified atom stereocenters. The summed E-state index contributed by atoms with van der Waals surface area (Å²) >= 11 is 0. The van der Waals surface area contributed by atoms with Crippen molar-refractivity contribution in [3.63, 3.8) is 0 Å². The quantitative estimate of drug-likeness (QED) is 0.849. The van der Waals surface area contributed by atoms with Gasteiger partial charge in [0.25, 0.3) is 0 Å². The van der Waals surface area contributed by atoms with Crippen molar-refractivity contribution in [1.82, 2.24) is 15.3 Å². The first-order valence-electron chi connectivity index (χ1n) is 6.78. The molecule has 2 rings (SSSR count). The minimum Gasteiger partial charge on any atom is -0.342 e. The third-order valence-corrected chi connectivity index (χ3v) is 3.08. The van der Waals surface area contributed by atoms with Crippen molar-refractivity contribution in [3.8, 4) is 0 Å². The summed E-state index contributed by atoms with van der Waals surface area (Å²) in [5.41, 5.74) is 3.58. The second-order valence-corrected chi connectivity index (χ2v) is 5.49. The average Bonchev–Trinajstić information content (AvgIpc) is 2.71. The van der Waals surface area contributed by atoms with Gasteiger partial charge in [0, 0.05) is 12.0 Å². The molecule has 0 saturated heterocycles. The normalized spacial score (nSPS) is 11.9. The van der Waals surface area contributed by atoms with Gasteiger partial charge in [-0.25, -0.2) is 4.98 Å². The Balaban J connectivity index is 2.11. The number of nitrogens with one attached hydrogen (secondary N) is 2. The summed E-state index contributed by atoms with van der Waals surface area (Å²) in [5.74, 6) is 1.52. The minimum absolute atomic E-state index is 0.448. The summed E-state index contributed by atoms with van der Waals surface area (Å²) < 4.78 is 0. The van der Waals surface area contributed by atoms with Crippen molar-refractivity contribution in [2.24, 2.45) is 0 Å². The summed E-state index contributed by atoms with van der Waals surface area (Å²) in [4.78, 5) is 7.99. The maximum atomic E-state index is 4.59. The SMILES string of the molecule is CC(C)NCCc1ccc2nc(C(C)C)[nH]c2c1. The summed E-state index contributed by atoms with van der Waals surface area (Å²) in [5, 5.41) is 3.44. The van der Waals surface area contributed by atoms with E-state index >= 15 is 0 Å². The molecule has 0 atom stereocenters. The monoisotopic (exact) mass is 245 g/mol. The van der Waals surface area contributed by atoms with Crippen LogP contribution in [0.1, 0.15) is 45.0 Å². The number of aromatic amines is 1. The van der Waals surface area contributed by atoms with Crippen molar-refractivity contribution < 1.29 is 0 Å². The van der Waals surface area contributed by atoms with Crippen LogP contribution in [-0.4, -0.2) is 22.6 Å². The molecule has 1 aromatic heterocycles. The molecular weight excluding hydrogens is 222 g/mol. The second kappa shape index (κ2) is 5.53. The van der Waals surface area contributed by atoms with Crippen LogP contribution in [-0.2, 0) is 6.42 Å². The number of fused-ring (bicyclic) bond motifs is 1. The largest absolute Gasteiger partial charge is 0.342 e. The highest BCUT2D eigenvalue weighted by Gasteiger charge is 2.06. The fourth-order valence-corrected chi connectivity index (χ4v) is 2.01. The fraction of sp³-hybridized carbons (Fsp3) is 0.533. The van der Waals surface area contributed by atoms with E-state index < -0.39 is 0 Å². The van der Waals surface area contributed by atoms with E-state index in [4.69, 9.17) is 0 Å². The Morgan fingerprint density at radius 3 is 2.67 bits per heavy atom. The zero-order valence-electron chi connectivity index (χ0n) is 11.7. The lowest BCUT2D eigenvalue weighted by atomic mass is 10.1. The number of aromatic nitrogens is 2. The highest BCUT2D eigenvalue weighted by atomic mass is 14.9. The molecule has 3 heteroatoms. The Kier molecular flexibility index (Phi) is 4.02. The highest BCUT2D eigenvalue weighted by Crippen LogP contribution is 2.18. The van der Waals surface area contributed by atoms with Crippen LogP contribution in [0.25, 0.3) is 11.0 Å². The van der Waals surface area contributed by atoms with E-state index in [-0.39, 0.29) is 0 Å². The average molecular weight is 245 g/mol. The molecule has 18 heavy (non-hydrogen) atoms. The number of H-pyrrole nitrogens is 1. The van der Waals surface area contributed by atoms with Crippen LogP contribution in [0.5, 0.6) is 0 Å². The molecule has 2 aromatic rings. The maximum Gasteiger partial charge on any atom is 0.109 e. The first kappa shape index (κ1) is 13.1. The van der Waals surface area contributed by atoms with Gasteiger partial charge in [-0.3, -0.25) is 0 Å². The topological polar surface area (TPSA) is 40.7 Å². The van der Waals surface area contributed by atoms with Gasteiger partial charge in [0.1, 0.15) is 5.82 Å². The third kappa shape index (κ3) is 3.10. The van der Waals surface area contributed by atoms with Gasteiger partial charge in [-0.15, -0.1) is 0 Å². The lowest BCUT2D eigenvalue weighted by Crippen LogP contribution is -2.24. The number of rotatable bonds is 5. The second-order valence-electron chi connectivity index (χ2n) is 5.49. The summed E-state index contributed by atoms with van der Waals surface area (Å²) in [7, 11) is 0. The number of nitrogens with zero attached hydrogens (tertiary/aromatic N) is 1. The molecule has 0 bridgehead atoms. The minimum atomic E-state index is 0.448. The number of hydrogen-bond acceptors (Lipinski definition) is 2. The van der Waals surface area contributed by atoms with Crippen molar-refractivity contribution in [1.29, 1.82) is 0 Å². The lowest BCUT2D eigenvalue weighted by molar-refractivity contribution is 0.590. The van der Waals surface area contributed by atoms with Gasteiger partial charge in [-0.1, -0.05) is 33.8 Å². The van der Waals surface area contributed by atoms with Crippen LogP contribution in [0.15, 0.2) is 18.2 Å². The smallest absolute Gasteiger partial charge is 0.109 e. The van der Waals surface area contributed by atoms with E-state index in [1.165, 1.54) is 5.56 Å². The molecule has 0 fully saturated rings. The van der Waals surface area contributed by atoms with Gasteiger partial charge in [-0.05, 0) is 30.7 Å². The molecule has 1 heterocycles. The number of hydrogen-bond donors (Lipinski definition) is 2. The maximum absolute atomic E-state index is 4.59. The van der Waals surface area contributed by atoms with E-state index in [2.05, 4.69) is 61.2 Å². The van der Waals surface area contributed by atoms with Crippen molar-refractivity contribution in [2.45, 2.75) is 46.1 Å². The predicted molar refractivity (Wildman–Crippen MR) is 77.0 cm³/mol. The third-order valence-electron chi connectivity index (χ3n) is 3.08. The van der Waals surface area contributed by atoms with Crippen molar-refractivity contribution in [2.75, 3.05) is 6.54 Å². The van der Waals surface area contributed by atoms with E-state index in [0.29, 0.717) is 12.0 Å². The van der Waals surface area contributed by atoms with E-state index in [1.54, 1.807) is 0 Å². The number of imidazole rings is 1. The van der Waals surface area contributed by atoms with Gasteiger partial charge in [0.15, 0.2) is 0 Å². The molecule has 0 spiro atoms. The Labute approximate surface area is 109 Å². The molecule has 98 valence electrons. The Bertz CT molecular complexity index is 511. The van der Waals surface area contributed by atoms with Crippen LogP contribution in [0.2, 0.25) is 0 Å². The van der Waals surface area contributed by atoms with Crippen molar-refractivity contribution in [3.05, 3.63) is 29.6 Å². The Hall–Kier alpha value is -1.35. The van der Waals surface area contributed by atoms with E-state index in [0.717, 1.165) is 29.8 Å². The van der Waals surface area contributed by atoms with E-state index in [1.807, 2.05) is 0 Å². The molecule has 0 aliphatic heterocycles. The molecule has 0 aliphatic carbocycles. The first-order chi connectivity index (χ1) is 8.56. The molecule has 0 amide bonds. The van der Waals surface area contributed by atoms with Gasteiger partial charge >= 0.3 is 0 Å². The summed E-state index contributed by atoms with van der Waals surface area (Å²) in [6, 6.07) is 7.06. The fourth-order valence-electron chi connectivity index (χ4n) is 2.01. The zero-order valence-corrected chi connectivity index (χ0v) is 11.7. The molecule has 2 N–H and O–H groups in total. The molecule has 1 aromatic carbocycles. The van der Waals surface area contributed by atoms with E-state index in [9.17, 15) is 0 Å². The molecule has 3 nitrogen and oxygen atoms in total. The predicted octanol–water partition coefficient (Wildman–Crippen LogP) is 3.23. The Morgan fingerprint density at radius 2 is 2.00 bits per heavy atom. The van der Waals surface area contributed by atoms with Gasteiger partial charge in [-0.2, -0.15) is 0 Å². The van der Waals surface area contributed by atoms with Crippen LogP contribution in [0.3, 0.4) is 0 Å². The highest BCUT2D eigenvalue weighted by molar-refractivity contribution is 5.76. The van der Waals surface area contributed by atoms with Crippen molar-refractivity contribution >= 4 is 11.0 Å². The summed E-state index contributed by atoms with van der Waals surface area (Å²) in [6.45, 7) is 9.69. The van der Waals surface area contributed by atoms with Gasteiger partial charge in [0.2, 0.25) is 0 Å². The molecular formula is C15H23N3. The Morgan fingerprint density at radius 1 is 1.22 bits per heavy atom. The molecule has 0 saturated carbocycles.